The van der Waals surface area contributed by atoms with E-state index in [-0.39, 0.29) is 29.7 Å². The Morgan fingerprint density at radius 1 is 1.19 bits per heavy atom. The summed E-state index contributed by atoms with van der Waals surface area (Å²) < 4.78 is 13.2. The molecule has 37 heavy (non-hydrogen) atoms. The van der Waals surface area contributed by atoms with E-state index in [0.717, 1.165) is 21.0 Å². The summed E-state index contributed by atoms with van der Waals surface area (Å²) in [5.41, 5.74) is 0.689. The molecule has 2 heterocycles. The number of Topliss-reactive ketones (excluding diaryl/α,β-unsaturated/α-hetero) is 1. The number of nitrogens with one attached hydrogen (secondary N) is 1. The van der Waals surface area contributed by atoms with Crippen LogP contribution < -0.4 is 0 Å². The number of nitrogens with zero attached hydrogens (tertiary/aromatic N) is 4. The number of hydrogen-bond donors (Lipinski definition) is 2. The van der Waals surface area contributed by atoms with Crippen LogP contribution in [0.3, 0.4) is 0 Å². The summed E-state index contributed by atoms with van der Waals surface area (Å²) in [4.78, 5) is 40.7. The van der Waals surface area contributed by atoms with E-state index < -0.39 is 29.0 Å². The highest BCUT2D eigenvalue weighted by molar-refractivity contribution is 6.64. The van der Waals surface area contributed by atoms with Gasteiger partial charge in [-0.3, -0.25) is 19.8 Å². The molecule has 0 spiro atoms. The van der Waals surface area contributed by atoms with E-state index in [2.05, 4.69) is 5.10 Å². The zero-order valence-corrected chi connectivity index (χ0v) is 22.1. The molecule has 2 amide bonds. The first kappa shape index (κ1) is 28.2. The number of benzene rings is 1. The lowest BCUT2D eigenvalue weighted by Crippen LogP contribution is -2.50. The molecule has 0 atom stereocenters. The van der Waals surface area contributed by atoms with Gasteiger partial charge in [0.05, 0.1) is 16.3 Å². The van der Waals surface area contributed by atoms with E-state index in [4.69, 9.17) is 17.0 Å². The van der Waals surface area contributed by atoms with Crippen LogP contribution in [0.15, 0.2) is 51.7 Å². The van der Waals surface area contributed by atoms with Gasteiger partial charge in [-0.15, -0.1) is 0 Å². The summed E-state index contributed by atoms with van der Waals surface area (Å²) in [5.74, 6) is -3.52. The van der Waals surface area contributed by atoms with Crippen LogP contribution in [0.4, 0.5) is 4.39 Å². The van der Waals surface area contributed by atoms with Crippen molar-refractivity contribution in [3.05, 3.63) is 58.0 Å². The third-order valence-electron chi connectivity index (χ3n) is 6.54. The maximum absolute atomic E-state index is 13.4. The van der Waals surface area contributed by atoms with Crippen LogP contribution in [0, 0.1) is 11.2 Å². The predicted octanol–water partition coefficient (Wildman–Crippen LogP) is 2.83. The average Bonchev–Trinajstić information content (AvgIpc) is 2.88. The van der Waals surface area contributed by atoms with Crippen molar-refractivity contribution in [1.29, 1.82) is 5.41 Å². The van der Waals surface area contributed by atoms with Gasteiger partial charge in [-0.2, -0.15) is 5.10 Å². The first-order chi connectivity index (χ1) is 17.4. The Hall–Kier alpha value is -3.37. The number of rotatable bonds is 6. The highest BCUT2D eigenvalue weighted by Crippen LogP contribution is 2.29. The Balaban J connectivity index is 1.81. The monoisotopic (exact) mass is 531 g/mol. The molecule has 198 valence electrons. The number of aliphatic hydroxyl groups is 1. The van der Waals surface area contributed by atoms with Crippen LogP contribution in [0.1, 0.15) is 38.7 Å². The van der Waals surface area contributed by atoms with Crippen molar-refractivity contribution in [1.82, 2.24) is 14.8 Å². The van der Waals surface area contributed by atoms with Crippen molar-refractivity contribution in [2.24, 2.45) is 5.10 Å². The Labute approximate surface area is 220 Å². The van der Waals surface area contributed by atoms with Crippen LogP contribution in [0.25, 0.3) is 0 Å². The molecule has 0 aliphatic carbocycles. The molecule has 0 aromatic heterocycles. The van der Waals surface area contributed by atoms with Crippen molar-refractivity contribution in [2.45, 2.75) is 45.1 Å². The van der Waals surface area contributed by atoms with Gasteiger partial charge in [-0.05, 0) is 55.5 Å². The minimum absolute atomic E-state index is 0.0513. The van der Waals surface area contributed by atoms with Crippen molar-refractivity contribution >= 4 is 40.7 Å². The molecular weight excluding hydrogens is 501 g/mol. The number of ketones is 1. The molecular formula is C26H31ClFN5O4. The summed E-state index contributed by atoms with van der Waals surface area (Å²) in [6.45, 7) is 4.12. The summed E-state index contributed by atoms with van der Waals surface area (Å²) in [7, 11) is 2.81. The summed E-state index contributed by atoms with van der Waals surface area (Å²) in [6, 6.07) is 5.94. The molecule has 0 unspecified atom stereocenters. The number of hydrogen-bond acceptors (Lipinski definition) is 6. The zero-order chi connectivity index (χ0) is 27.5. The molecule has 1 aromatic carbocycles. The first-order valence-corrected chi connectivity index (χ1v) is 12.3. The van der Waals surface area contributed by atoms with E-state index in [1.54, 1.807) is 19.1 Å². The molecule has 2 N–H and O–H groups in total. The van der Waals surface area contributed by atoms with Crippen LogP contribution in [0.2, 0.25) is 0 Å². The van der Waals surface area contributed by atoms with Gasteiger partial charge in [0.1, 0.15) is 5.82 Å². The summed E-state index contributed by atoms with van der Waals surface area (Å²) >= 11 is 6.44. The number of likely N-dealkylation sites (N-methyl/N-ethyl adjacent to an activating group) is 1. The minimum Gasteiger partial charge on any atom is -0.389 e. The second-order valence-electron chi connectivity index (χ2n) is 9.47. The number of carbonyl (C=O) groups is 3. The average molecular weight is 532 g/mol. The van der Waals surface area contributed by atoms with Gasteiger partial charge in [0.2, 0.25) is 5.84 Å². The Kier molecular flexibility index (Phi) is 8.65. The lowest BCUT2D eigenvalue weighted by molar-refractivity contribution is -0.139. The number of amidine groups is 1. The SMILES string of the molecule is CC/C(C)=C1\C=C(Cl)C(C(=O)N2CCC(O)(Cc3ccc(F)cc3)CC2)=NN1C(=N)C(=O)C(=O)N(C)C. The molecule has 1 fully saturated rings. The standard InChI is InChI=1S/C26H31ClFN5O4/c1-5-16(2)20-14-19(27)21(30-33(20)23(29)22(34)25(36)31(3)4)24(35)32-12-10-26(37,11-13-32)15-17-6-8-18(28)9-7-17/h6-9,14,29,37H,5,10-13,15H2,1-4H3/b20-16+,29-23?. The normalized spacial score (nSPS) is 18.6. The van der Waals surface area contributed by atoms with Crippen molar-refractivity contribution in [2.75, 3.05) is 27.2 Å². The molecule has 3 rings (SSSR count). The highest BCUT2D eigenvalue weighted by atomic mass is 35.5. The number of allylic oxidation sites excluding steroid dienone is 2. The largest absolute Gasteiger partial charge is 0.389 e. The Morgan fingerprint density at radius 3 is 2.32 bits per heavy atom. The second-order valence-corrected chi connectivity index (χ2v) is 9.88. The van der Waals surface area contributed by atoms with E-state index >= 15 is 0 Å². The van der Waals surface area contributed by atoms with Gasteiger partial charge in [0.15, 0.2) is 5.71 Å². The highest BCUT2D eigenvalue weighted by Gasteiger charge is 2.38. The lowest BCUT2D eigenvalue weighted by Gasteiger charge is -2.39. The van der Waals surface area contributed by atoms with Gasteiger partial charge in [0, 0.05) is 33.6 Å². The van der Waals surface area contributed by atoms with E-state index in [1.165, 1.54) is 37.2 Å². The maximum Gasteiger partial charge on any atom is 0.297 e. The van der Waals surface area contributed by atoms with E-state index in [0.29, 0.717) is 31.4 Å². The fraction of sp³-hybridized carbons (Fsp3) is 0.423. The molecule has 2 aliphatic heterocycles. The van der Waals surface area contributed by atoms with Gasteiger partial charge in [-0.1, -0.05) is 30.7 Å². The fourth-order valence-electron chi connectivity index (χ4n) is 4.09. The number of amides is 2. The molecule has 1 aromatic rings. The van der Waals surface area contributed by atoms with Crippen LogP contribution in [-0.2, 0) is 20.8 Å². The third-order valence-corrected chi connectivity index (χ3v) is 6.83. The van der Waals surface area contributed by atoms with Crippen molar-refractivity contribution in [3.63, 3.8) is 0 Å². The molecule has 0 radical (unpaired) electrons. The van der Waals surface area contributed by atoms with Gasteiger partial charge in [0.25, 0.3) is 17.6 Å². The Morgan fingerprint density at radius 2 is 1.78 bits per heavy atom. The maximum atomic E-state index is 13.4. The minimum atomic E-state index is -1.07. The predicted molar refractivity (Wildman–Crippen MR) is 138 cm³/mol. The molecule has 1 saturated heterocycles. The smallest absolute Gasteiger partial charge is 0.297 e. The number of carbonyl (C=O) groups excluding carboxylic acids is 3. The quantitative estimate of drug-likeness (QED) is 0.332. The number of likely N-dealkylation sites (tertiary alicyclic amines) is 1. The number of piperidine rings is 1. The van der Waals surface area contributed by atoms with Gasteiger partial charge >= 0.3 is 0 Å². The van der Waals surface area contributed by atoms with E-state index in [1.807, 2.05) is 6.92 Å². The number of hydrazone groups is 1. The van der Waals surface area contributed by atoms with Gasteiger partial charge in [-0.25, -0.2) is 9.40 Å². The van der Waals surface area contributed by atoms with Crippen LogP contribution in [0.5, 0.6) is 0 Å². The summed E-state index contributed by atoms with van der Waals surface area (Å²) in [5, 5.41) is 24.7. The first-order valence-electron chi connectivity index (χ1n) is 11.9. The topological polar surface area (TPSA) is 117 Å². The van der Waals surface area contributed by atoms with Crippen molar-refractivity contribution < 1.29 is 23.9 Å². The van der Waals surface area contributed by atoms with E-state index in [9.17, 15) is 23.9 Å². The van der Waals surface area contributed by atoms with Crippen molar-refractivity contribution in [3.8, 4) is 0 Å². The van der Waals surface area contributed by atoms with Crippen LogP contribution >= 0.6 is 11.6 Å². The zero-order valence-electron chi connectivity index (χ0n) is 21.3. The van der Waals surface area contributed by atoms with Gasteiger partial charge < -0.3 is 14.9 Å². The molecule has 2 aliphatic rings. The second kappa shape index (κ2) is 11.4. The lowest BCUT2D eigenvalue weighted by atomic mass is 9.85. The summed E-state index contributed by atoms with van der Waals surface area (Å²) in [6.07, 6.45) is 2.94. The third kappa shape index (κ3) is 6.31. The number of halogens is 2. The molecule has 0 saturated carbocycles. The molecule has 0 bridgehead atoms. The fourth-order valence-corrected chi connectivity index (χ4v) is 4.31. The molecule has 9 nitrogen and oxygen atoms in total. The Bertz CT molecular complexity index is 1200. The van der Waals surface area contributed by atoms with Crippen LogP contribution in [-0.4, -0.2) is 81.8 Å². The molecule has 11 heteroatoms.